The Labute approximate surface area is 117 Å². The van der Waals surface area contributed by atoms with Crippen molar-refractivity contribution in [2.75, 3.05) is 23.7 Å². The van der Waals surface area contributed by atoms with Crippen LogP contribution in [0.15, 0.2) is 17.6 Å². The molecule has 0 bridgehead atoms. The van der Waals surface area contributed by atoms with Gasteiger partial charge in [0.05, 0.1) is 34.1 Å². The second-order valence-corrected chi connectivity index (χ2v) is 5.83. The number of hydrogen-bond acceptors (Lipinski definition) is 5. The highest BCUT2D eigenvalue weighted by atomic mass is 32.1. The van der Waals surface area contributed by atoms with Crippen LogP contribution in [-0.2, 0) is 0 Å². The molecule has 0 aliphatic heterocycles. The molecule has 0 aliphatic rings. The van der Waals surface area contributed by atoms with Gasteiger partial charge in [-0.15, -0.1) is 11.3 Å². The van der Waals surface area contributed by atoms with Gasteiger partial charge in [0.25, 0.3) is 0 Å². The van der Waals surface area contributed by atoms with Crippen molar-refractivity contribution in [2.24, 2.45) is 5.92 Å². The minimum absolute atomic E-state index is 0.501. The molecule has 4 nitrogen and oxygen atoms in total. The molecule has 2 rings (SSSR count). The Morgan fingerprint density at radius 1 is 1.47 bits per heavy atom. The molecule has 0 atom stereocenters. The van der Waals surface area contributed by atoms with Crippen molar-refractivity contribution in [3.8, 4) is 6.07 Å². The normalized spacial score (nSPS) is 10.8. The largest absolute Gasteiger partial charge is 0.395 e. The molecule has 0 saturated heterocycles. The van der Waals surface area contributed by atoms with Crippen LogP contribution in [0.2, 0.25) is 0 Å². The Morgan fingerprint density at radius 2 is 2.26 bits per heavy atom. The fourth-order valence-corrected chi connectivity index (χ4v) is 2.85. The topological polar surface area (TPSA) is 65.9 Å². The number of nitrogens with zero attached hydrogens (tertiary/aromatic N) is 3. The molecule has 5 heteroatoms. The van der Waals surface area contributed by atoms with E-state index in [0.717, 1.165) is 28.1 Å². The highest BCUT2D eigenvalue weighted by Gasteiger charge is 2.14. The lowest BCUT2D eigenvalue weighted by molar-refractivity contribution is 0.613. The molecule has 1 aromatic heterocycles. The van der Waals surface area contributed by atoms with E-state index >= 15 is 0 Å². The lowest BCUT2D eigenvalue weighted by atomic mass is 10.1. The Kier molecular flexibility index (Phi) is 4.23. The summed E-state index contributed by atoms with van der Waals surface area (Å²) in [6, 6.07) is 6.29. The minimum Gasteiger partial charge on any atom is -0.395 e. The van der Waals surface area contributed by atoms with Crippen molar-refractivity contribution < 1.29 is 0 Å². The molecule has 0 amide bonds. The third-order valence-corrected chi connectivity index (χ3v) is 3.73. The molecule has 100 valence electrons. The van der Waals surface area contributed by atoms with Gasteiger partial charge in [-0.1, -0.05) is 13.8 Å². The van der Waals surface area contributed by atoms with Gasteiger partial charge in [-0.2, -0.15) is 5.26 Å². The summed E-state index contributed by atoms with van der Waals surface area (Å²) in [5.41, 5.74) is 10.6. The molecule has 1 heterocycles. The van der Waals surface area contributed by atoms with Gasteiger partial charge in [-0.3, -0.25) is 0 Å². The third kappa shape index (κ3) is 2.96. The van der Waals surface area contributed by atoms with Crippen LogP contribution in [0.5, 0.6) is 0 Å². The van der Waals surface area contributed by atoms with Gasteiger partial charge in [-0.25, -0.2) is 4.98 Å². The van der Waals surface area contributed by atoms with Crippen LogP contribution in [0.25, 0.3) is 10.2 Å². The molecule has 0 spiro atoms. The lowest BCUT2D eigenvalue weighted by Gasteiger charge is -2.27. The van der Waals surface area contributed by atoms with Gasteiger partial charge >= 0.3 is 0 Å². The molecule has 19 heavy (non-hydrogen) atoms. The quantitative estimate of drug-likeness (QED) is 0.850. The molecule has 0 saturated carbocycles. The predicted octanol–water partition coefficient (Wildman–Crippen LogP) is 3.25. The van der Waals surface area contributed by atoms with Crippen LogP contribution in [0, 0.1) is 17.2 Å². The van der Waals surface area contributed by atoms with Crippen molar-refractivity contribution >= 4 is 32.9 Å². The molecule has 2 aromatic rings. The fourth-order valence-electron chi connectivity index (χ4n) is 2.15. The van der Waals surface area contributed by atoms with E-state index in [4.69, 9.17) is 11.0 Å². The number of nitriles is 1. The smallest absolute Gasteiger partial charge is 0.106 e. The summed E-state index contributed by atoms with van der Waals surface area (Å²) in [5.74, 6) is 0.518. The Morgan fingerprint density at radius 3 is 2.95 bits per heavy atom. The number of hydrogen-bond donors (Lipinski definition) is 1. The summed E-state index contributed by atoms with van der Waals surface area (Å²) < 4.78 is 1.10. The number of nitrogen functional groups attached to an aromatic ring is 1. The van der Waals surface area contributed by atoms with E-state index < -0.39 is 0 Å². The molecule has 0 fully saturated rings. The lowest BCUT2D eigenvalue weighted by Crippen LogP contribution is -2.29. The van der Waals surface area contributed by atoms with Crippen LogP contribution in [-0.4, -0.2) is 18.1 Å². The van der Waals surface area contributed by atoms with Gasteiger partial charge in [0, 0.05) is 13.1 Å². The highest BCUT2D eigenvalue weighted by molar-refractivity contribution is 7.16. The minimum atomic E-state index is 0.501. The number of benzene rings is 1. The maximum absolute atomic E-state index is 8.79. The van der Waals surface area contributed by atoms with Gasteiger partial charge in [0.2, 0.25) is 0 Å². The molecule has 1 aromatic carbocycles. The maximum Gasteiger partial charge on any atom is 0.106 e. The second-order valence-electron chi connectivity index (χ2n) is 4.95. The Bertz CT molecular complexity index is 597. The maximum atomic E-state index is 8.79. The summed E-state index contributed by atoms with van der Waals surface area (Å²) in [4.78, 5) is 6.51. The highest BCUT2D eigenvalue weighted by Crippen LogP contribution is 2.32. The number of rotatable bonds is 5. The first-order chi connectivity index (χ1) is 9.13. The van der Waals surface area contributed by atoms with Crippen molar-refractivity contribution in [3.63, 3.8) is 0 Å². The molecule has 0 aliphatic carbocycles. The van der Waals surface area contributed by atoms with Crippen molar-refractivity contribution in [2.45, 2.75) is 20.3 Å². The number of anilines is 2. The number of nitrogens with two attached hydrogens (primary N) is 1. The average molecular weight is 274 g/mol. The molecule has 0 radical (unpaired) electrons. The zero-order chi connectivity index (χ0) is 13.8. The van der Waals surface area contributed by atoms with Crippen molar-refractivity contribution in [1.29, 1.82) is 5.26 Å². The molecular weight excluding hydrogens is 256 g/mol. The SMILES string of the molecule is CC(C)CN(CCC#N)c1ccc2scnc2c1N. The summed E-state index contributed by atoms with van der Waals surface area (Å²) in [5, 5.41) is 8.79. The Balaban J connectivity index is 2.37. The van der Waals surface area contributed by atoms with Crippen molar-refractivity contribution in [1.82, 2.24) is 4.98 Å². The molecule has 2 N–H and O–H groups in total. The van der Waals surface area contributed by atoms with E-state index in [9.17, 15) is 0 Å². The van der Waals surface area contributed by atoms with Crippen LogP contribution < -0.4 is 10.6 Å². The van der Waals surface area contributed by atoms with Crippen molar-refractivity contribution in [3.05, 3.63) is 17.6 Å². The first-order valence-corrected chi connectivity index (χ1v) is 7.25. The first kappa shape index (κ1) is 13.6. The average Bonchev–Trinajstić information content (AvgIpc) is 2.84. The second kappa shape index (κ2) is 5.89. The predicted molar refractivity (Wildman–Crippen MR) is 81.3 cm³/mol. The first-order valence-electron chi connectivity index (χ1n) is 6.37. The Hall–Kier alpha value is -1.80. The van der Waals surface area contributed by atoms with Gasteiger partial charge in [0.15, 0.2) is 0 Å². The van der Waals surface area contributed by atoms with Crippen LogP contribution in [0.3, 0.4) is 0 Å². The standard InChI is InChI=1S/C14H18N4S/c1-10(2)8-18(7-3-6-15)11-4-5-12-14(13(11)16)17-9-19-12/h4-5,9-10H,3,7-8,16H2,1-2H3. The van der Waals surface area contributed by atoms with E-state index in [0.29, 0.717) is 18.9 Å². The van der Waals surface area contributed by atoms with E-state index in [1.54, 1.807) is 11.3 Å². The van der Waals surface area contributed by atoms with Crippen LogP contribution in [0.4, 0.5) is 11.4 Å². The van der Waals surface area contributed by atoms with Crippen LogP contribution >= 0.6 is 11.3 Å². The summed E-state index contributed by atoms with van der Waals surface area (Å²) >= 11 is 1.59. The fraction of sp³-hybridized carbons (Fsp3) is 0.429. The third-order valence-electron chi connectivity index (χ3n) is 2.94. The van der Waals surface area contributed by atoms with E-state index in [2.05, 4.69) is 35.9 Å². The summed E-state index contributed by atoms with van der Waals surface area (Å²) in [6.07, 6.45) is 0.501. The number of fused-ring (bicyclic) bond motifs is 1. The molecular formula is C14H18N4S. The van der Waals surface area contributed by atoms with Gasteiger partial charge < -0.3 is 10.6 Å². The van der Waals surface area contributed by atoms with E-state index in [-0.39, 0.29) is 0 Å². The monoisotopic (exact) mass is 274 g/mol. The summed E-state index contributed by atoms with van der Waals surface area (Å²) in [7, 11) is 0. The van der Waals surface area contributed by atoms with Gasteiger partial charge in [-0.05, 0) is 18.1 Å². The summed E-state index contributed by atoms with van der Waals surface area (Å²) in [6.45, 7) is 5.92. The van der Waals surface area contributed by atoms with E-state index in [1.807, 2.05) is 11.6 Å². The zero-order valence-corrected chi connectivity index (χ0v) is 12.1. The number of thiazole rings is 1. The number of aromatic nitrogens is 1. The van der Waals surface area contributed by atoms with Crippen LogP contribution in [0.1, 0.15) is 20.3 Å². The zero-order valence-electron chi connectivity index (χ0n) is 11.3. The van der Waals surface area contributed by atoms with Gasteiger partial charge in [0.1, 0.15) is 5.52 Å². The van der Waals surface area contributed by atoms with E-state index in [1.165, 1.54) is 0 Å². The molecule has 0 unspecified atom stereocenters.